The Morgan fingerprint density at radius 2 is 2.15 bits per heavy atom. The molecule has 1 aliphatic heterocycles. The maximum absolute atomic E-state index is 11.9. The van der Waals surface area contributed by atoms with E-state index in [0.29, 0.717) is 18.8 Å². The van der Waals surface area contributed by atoms with Crippen LogP contribution in [0.15, 0.2) is 47.5 Å². The van der Waals surface area contributed by atoms with Crippen molar-refractivity contribution in [3.05, 3.63) is 48.6 Å². The molecule has 102 valence electrons. The number of aryl methyl sites for hydroxylation is 1. The van der Waals surface area contributed by atoms with Crippen LogP contribution in [-0.2, 0) is 4.79 Å². The first-order valence-corrected chi connectivity index (χ1v) is 6.64. The van der Waals surface area contributed by atoms with E-state index >= 15 is 0 Å². The van der Waals surface area contributed by atoms with Crippen molar-refractivity contribution in [2.24, 2.45) is 5.92 Å². The molecule has 0 N–H and O–H groups in total. The zero-order valence-electron chi connectivity index (χ0n) is 11.4. The molecule has 2 heterocycles. The number of anilines is 1. The topological polar surface area (TPSA) is 46.3 Å². The van der Waals surface area contributed by atoms with Crippen molar-refractivity contribution in [1.29, 1.82) is 0 Å². The molecule has 1 aromatic heterocycles. The van der Waals surface area contributed by atoms with Crippen molar-refractivity contribution < 1.29 is 9.32 Å². The number of hydrogen-bond acceptors (Lipinski definition) is 3. The Balaban J connectivity index is 1.85. The largest absolute Gasteiger partial charge is 0.338 e. The van der Waals surface area contributed by atoms with Crippen molar-refractivity contribution in [2.75, 3.05) is 11.4 Å². The predicted octanol–water partition coefficient (Wildman–Crippen LogP) is 3.19. The molecule has 0 bridgehead atoms. The molecule has 1 saturated heterocycles. The molecule has 1 aromatic carbocycles. The average Bonchev–Trinajstić information content (AvgIpc) is 3.06. The van der Waals surface area contributed by atoms with Gasteiger partial charge in [-0.2, -0.15) is 0 Å². The number of aromatic nitrogens is 1. The fourth-order valence-electron chi connectivity index (χ4n) is 2.36. The number of amides is 1. The van der Waals surface area contributed by atoms with Crippen LogP contribution in [0.5, 0.6) is 0 Å². The molecule has 0 aliphatic carbocycles. The Hall–Kier alpha value is -2.36. The minimum atomic E-state index is 0.0570. The molecule has 4 nitrogen and oxygen atoms in total. The van der Waals surface area contributed by atoms with E-state index in [1.165, 1.54) is 5.56 Å². The van der Waals surface area contributed by atoms with E-state index in [0.717, 1.165) is 11.3 Å². The van der Waals surface area contributed by atoms with Gasteiger partial charge in [-0.15, -0.1) is 6.58 Å². The minimum Gasteiger partial charge on any atom is -0.338 e. The summed E-state index contributed by atoms with van der Waals surface area (Å²) in [4.78, 5) is 13.6. The van der Waals surface area contributed by atoms with E-state index in [-0.39, 0.29) is 11.8 Å². The van der Waals surface area contributed by atoms with E-state index in [1.54, 1.807) is 4.90 Å². The minimum absolute atomic E-state index is 0.0570. The maximum atomic E-state index is 11.9. The highest BCUT2D eigenvalue weighted by Gasteiger charge is 2.31. The van der Waals surface area contributed by atoms with E-state index in [1.807, 2.05) is 43.3 Å². The molecule has 20 heavy (non-hydrogen) atoms. The number of carbonyl (C=O) groups excluding carboxylic acids is 1. The molecule has 1 aliphatic rings. The third kappa shape index (κ3) is 2.25. The Morgan fingerprint density at radius 3 is 2.80 bits per heavy atom. The second-order valence-electron chi connectivity index (χ2n) is 5.12. The SMILES string of the molecule is C=CC1CC(=O)N(c2cc(-c3ccc(C)cc3)no2)C1. The summed E-state index contributed by atoms with van der Waals surface area (Å²) < 4.78 is 5.32. The van der Waals surface area contributed by atoms with Gasteiger partial charge in [-0.05, 0) is 6.92 Å². The van der Waals surface area contributed by atoms with Gasteiger partial charge in [-0.25, -0.2) is 0 Å². The van der Waals surface area contributed by atoms with Gasteiger partial charge in [0.2, 0.25) is 11.8 Å². The molecule has 0 saturated carbocycles. The Labute approximate surface area is 117 Å². The normalized spacial score (nSPS) is 18.6. The van der Waals surface area contributed by atoms with Crippen molar-refractivity contribution >= 4 is 11.8 Å². The van der Waals surface area contributed by atoms with Crippen LogP contribution < -0.4 is 4.90 Å². The van der Waals surface area contributed by atoms with Gasteiger partial charge in [0.05, 0.1) is 0 Å². The molecule has 1 unspecified atom stereocenters. The summed E-state index contributed by atoms with van der Waals surface area (Å²) >= 11 is 0. The lowest BCUT2D eigenvalue weighted by atomic mass is 10.1. The highest BCUT2D eigenvalue weighted by atomic mass is 16.5. The van der Waals surface area contributed by atoms with Crippen LogP contribution in [0.25, 0.3) is 11.3 Å². The number of carbonyl (C=O) groups is 1. The number of nitrogens with zero attached hydrogens (tertiary/aromatic N) is 2. The second-order valence-corrected chi connectivity index (χ2v) is 5.12. The second kappa shape index (κ2) is 4.96. The summed E-state index contributed by atoms with van der Waals surface area (Å²) in [6.45, 7) is 6.40. The third-order valence-electron chi connectivity index (χ3n) is 3.60. The molecule has 1 amide bonds. The van der Waals surface area contributed by atoms with Gasteiger partial charge in [0.1, 0.15) is 5.69 Å². The smallest absolute Gasteiger partial charge is 0.234 e. The zero-order valence-corrected chi connectivity index (χ0v) is 11.4. The highest BCUT2D eigenvalue weighted by molar-refractivity contribution is 5.95. The van der Waals surface area contributed by atoms with E-state index in [2.05, 4.69) is 11.7 Å². The quantitative estimate of drug-likeness (QED) is 0.803. The Kier molecular flexibility index (Phi) is 3.14. The monoisotopic (exact) mass is 268 g/mol. The van der Waals surface area contributed by atoms with Crippen LogP contribution in [0.3, 0.4) is 0 Å². The van der Waals surface area contributed by atoms with Crippen molar-refractivity contribution in [2.45, 2.75) is 13.3 Å². The number of hydrogen-bond donors (Lipinski definition) is 0. The van der Waals surface area contributed by atoms with Crippen molar-refractivity contribution in [1.82, 2.24) is 5.16 Å². The Morgan fingerprint density at radius 1 is 1.40 bits per heavy atom. The van der Waals surface area contributed by atoms with Crippen LogP contribution in [0.2, 0.25) is 0 Å². The fraction of sp³-hybridized carbons (Fsp3) is 0.250. The molecule has 1 atom stereocenters. The average molecular weight is 268 g/mol. The first-order valence-electron chi connectivity index (χ1n) is 6.64. The van der Waals surface area contributed by atoms with Crippen LogP contribution >= 0.6 is 0 Å². The molecular formula is C16H16N2O2. The van der Waals surface area contributed by atoms with Crippen molar-refractivity contribution in [3.63, 3.8) is 0 Å². The summed E-state index contributed by atoms with van der Waals surface area (Å²) in [6.07, 6.45) is 2.30. The lowest BCUT2D eigenvalue weighted by Crippen LogP contribution is -2.23. The van der Waals surface area contributed by atoms with Gasteiger partial charge in [0.15, 0.2) is 0 Å². The zero-order chi connectivity index (χ0) is 14.1. The molecule has 1 fully saturated rings. The van der Waals surface area contributed by atoms with E-state index in [4.69, 9.17) is 4.52 Å². The summed E-state index contributed by atoms with van der Waals surface area (Å²) in [5.74, 6) is 0.756. The van der Waals surface area contributed by atoms with Gasteiger partial charge in [-0.1, -0.05) is 41.1 Å². The van der Waals surface area contributed by atoms with Crippen LogP contribution in [0.4, 0.5) is 5.88 Å². The standard InChI is InChI=1S/C16H16N2O2/c1-3-12-8-15(19)18(10-12)16-9-14(17-20-16)13-6-4-11(2)5-7-13/h3-7,9,12H,1,8,10H2,2H3. The molecule has 4 heteroatoms. The van der Waals surface area contributed by atoms with Gasteiger partial charge in [-0.3, -0.25) is 9.69 Å². The molecular weight excluding hydrogens is 252 g/mol. The van der Waals surface area contributed by atoms with Crippen LogP contribution in [0.1, 0.15) is 12.0 Å². The van der Waals surface area contributed by atoms with E-state index in [9.17, 15) is 4.79 Å². The molecule has 0 radical (unpaired) electrons. The van der Waals surface area contributed by atoms with E-state index < -0.39 is 0 Å². The van der Waals surface area contributed by atoms with Crippen LogP contribution in [-0.4, -0.2) is 17.6 Å². The maximum Gasteiger partial charge on any atom is 0.234 e. The van der Waals surface area contributed by atoms with Crippen molar-refractivity contribution in [3.8, 4) is 11.3 Å². The fourth-order valence-corrected chi connectivity index (χ4v) is 2.36. The Bertz CT molecular complexity index is 643. The summed E-state index contributed by atoms with van der Waals surface area (Å²) in [5, 5.41) is 4.05. The first kappa shape index (κ1) is 12.7. The first-order chi connectivity index (χ1) is 9.67. The van der Waals surface area contributed by atoms with Gasteiger partial charge >= 0.3 is 0 Å². The van der Waals surface area contributed by atoms with Gasteiger partial charge in [0.25, 0.3) is 0 Å². The summed E-state index contributed by atoms with van der Waals surface area (Å²) in [6, 6.07) is 9.86. The van der Waals surface area contributed by atoms with Gasteiger partial charge < -0.3 is 4.52 Å². The summed E-state index contributed by atoms with van der Waals surface area (Å²) in [5.41, 5.74) is 2.92. The molecule has 3 rings (SSSR count). The number of benzene rings is 1. The van der Waals surface area contributed by atoms with Gasteiger partial charge in [0, 0.05) is 30.5 Å². The number of rotatable bonds is 3. The van der Waals surface area contributed by atoms with Crippen LogP contribution in [0, 0.1) is 12.8 Å². The highest BCUT2D eigenvalue weighted by Crippen LogP contribution is 2.29. The predicted molar refractivity (Wildman–Crippen MR) is 77.3 cm³/mol. The lowest BCUT2D eigenvalue weighted by molar-refractivity contribution is -0.117. The molecule has 2 aromatic rings. The third-order valence-corrected chi connectivity index (χ3v) is 3.60. The molecule has 0 spiro atoms. The lowest BCUT2D eigenvalue weighted by Gasteiger charge is -2.10. The summed E-state index contributed by atoms with van der Waals surface area (Å²) in [7, 11) is 0.